The van der Waals surface area contributed by atoms with E-state index in [4.69, 9.17) is 17.3 Å². The molecule has 2 unspecified atom stereocenters. The van der Waals surface area contributed by atoms with Gasteiger partial charge >= 0.3 is 0 Å². The number of nitrogens with two attached hydrogens (primary N) is 1. The smallest absolute Gasteiger partial charge is 0.243 e. The average Bonchev–Trinajstić information content (AvgIpc) is 2.42. The number of fused-ring (bicyclic) bond motifs is 2. The molecule has 2 bridgehead atoms. The van der Waals surface area contributed by atoms with Crippen LogP contribution in [0.25, 0.3) is 0 Å². The lowest BCUT2D eigenvalue weighted by Crippen LogP contribution is -2.53. The van der Waals surface area contributed by atoms with Gasteiger partial charge in [-0.3, -0.25) is 0 Å². The van der Waals surface area contributed by atoms with Crippen LogP contribution in [0.15, 0.2) is 23.1 Å². The van der Waals surface area contributed by atoms with Crippen LogP contribution in [0.4, 0.5) is 4.39 Å². The molecular formula is C15H20ClFN2O2S. The number of rotatable bonds is 3. The quantitative estimate of drug-likeness (QED) is 0.883. The van der Waals surface area contributed by atoms with Gasteiger partial charge in [-0.2, -0.15) is 0 Å². The highest BCUT2D eigenvalue weighted by Crippen LogP contribution is 2.40. The Morgan fingerprint density at radius 3 is 2.50 bits per heavy atom. The van der Waals surface area contributed by atoms with Crippen molar-refractivity contribution < 1.29 is 12.8 Å². The minimum atomic E-state index is -3.92. The standard InChI is InChI=1S/C15H20ClFN2O2S/c16-11-4-5-13(17)14(8-11)22(20,21)19-15-9-2-1-3-10(15)7-12(18)6-9/h4-5,8-10,12,15,19H,1-3,6-7,18H2. The molecule has 2 aliphatic carbocycles. The molecule has 0 aliphatic heterocycles. The fraction of sp³-hybridized carbons (Fsp3) is 0.600. The number of hydrogen-bond donors (Lipinski definition) is 2. The highest BCUT2D eigenvalue weighted by Gasteiger charge is 2.41. The van der Waals surface area contributed by atoms with Crippen LogP contribution in [0.1, 0.15) is 32.1 Å². The van der Waals surface area contributed by atoms with Gasteiger partial charge in [-0.1, -0.05) is 18.0 Å². The first kappa shape index (κ1) is 16.2. The van der Waals surface area contributed by atoms with Crippen molar-refractivity contribution in [2.24, 2.45) is 17.6 Å². The summed E-state index contributed by atoms with van der Waals surface area (Å²) in [4.78, 5) is -0.382. The SMILES string of the molecule is NC1CC2CCCC(C1)C2NS(=O)(=O)c1cc(Cl)ccc1F. The molecule has 0 heterocycles. The maximum absolute atomic E-state index is 13.9. The maximum Gasteiger partial charge on any atom is 0.243 e. The van der Waals surface area contributed by atoms with E-state index >= 15 is 0 Å². The molecular weight excluding hydrogens is 327 g/mol. The first-order chi connectivity index (χ1) is 10.4. The van der Waals surface area contributed by atoms with Crippen LogP contribution in [0.2, 0.25) is 5.02 Å². The zero-order valence-electron chi connectivity index (χ0n) is 12.1. The first-order valence-electron chi connectivity index (χ1n) is 7.60. The van der Waals surface area contributed by atoms with Crippen molar-refractivity contribution >= 4 is 21.6 Å². The number of benzene rings is 1. The van der Waals surface area contributed by atoms with Crippen molar-refractivity contribution in [3.8, 4) is 0 Å². The number of nitrogens with one attached hydrogen (secondary N) is 1. The van der Waals surface area contributed by atoms with Gasteiger partial charge in [0.05, 0.1) is 0 Å². The fourth-order valence-corrected chi connectivity index (χ4v) is 5.62. The predicted molar refractivity (Wildman–Crippen MR) is 83.6 cm³/mol. The molecule has 22 heavy (non-hydrogen) atoms. The van der Waals surface area contributed by atoms with E-state index in [9.17, 15) is 12.8 Å². The Morgan fingerprint density at radius 2 is 1.86 bits per heavy atom. The lowest BCUT2D eigenvalue weighted by molar-refractivity contribution is 0.125. The van der Waals surface area contributed by atoms with Gasteiger partial charge in [-0.05, 0) is 55.7 Å². The molecule has 0 saturated heterocycles. The molecule has 0 spiro atoms. The summed E-state index contributed by atoms with van der Waals surface area (Å²) in [5.41, 5.74) is 6.05. The van der Waals surface area contributed by atoms with Crippen LogP contribution in [-0.2, 0) is 10.0 Å². The molecule has 4 nitrogen and oxygen atoms in total. The lowest BCUT2D eigenvalue weighted by atomic mass is 9.67. The molecule has 2 aliphatic rings. The second-order valence-electron chi connectivity index (χ2n) is 6.40. The molecule has 3 rings (SSSR count). The van der Waals surface area contributed by atoms with Crippen molar-refractivity contribution in [1.29, 1.82) is 0 Å². The van der Waals surface area contributed by atoms with Crippen molar-refractivity contribution in [3.05, 3.63) is 29.0 Å². The minimum Gasteiger partial charge on any atom is -0.328 e. The topological polar surface area (TPSA) is 72.2 Å². The summed E-state index contributed by atoms with van der Waals surface area (Å²) in [7, 11) is -3.92. The van der Waals surface area contributed by atoms with E-state index in [0.717, 1.165) is 44.2 Å². The summed E-state index contributed by atoms with van der Waals surface area (Å²) in [6.07, 6.45) is 4.68. The van der Waals surface area contributed by atoms with Crippen LogP contribution in [0.5, 0.6) is 0 Å². The molecule has 2 saturated carbocycles. The summed E-state index contributed by atoms with van der Waals surface area (Å²) in [5.74, 6) is -0.311. The maximum atomic E-state index is 13.9. The zero-order valence-corrected chi connectivity index (χ0v) is 13.7. The Bertz CT molecular complexity index is 654. The summed E-state index contributed by atoms with van der Waals surface area (Å²) >= 11 is 5.81. The zero-order chi connectivity index (χ0) is 15.9. The number of hydrogen-bond acceptors (Lipinski definition) is 3. The Kier molecular flexibility index (Phi) is 4.47. The second-order valence-corrected chi connectivity index (χ2v) is 8.52. The molecule has 0 amide bonds. The number of sulfonamides is 1. The highest BCUT2D eigenvalue weighted by atomic mass is 35.5. The van der Waals surface area contributed by atoms with Gasteiger partial charge in [-0.25, -0.2) is 17.5 Å². The van der Waals surface area contributed by atoms with E-state index in [1.54, 1.807) is 0 Å². The lowest BCUT2D eigenvalue weighted by Gasteiger charge is -2.45. The molecule has 0 aromatic heterocycles. The fourth-order valence-electron chi connectivity index (χ4n) is 3.91. The van der Waals surface area contributed by atoms with Crippen LogP contribution in [0.3, 0.4) is 0 Å². The van der Waals surface area contributed by atoms with Gasteiger partial charge in [-0.15, -0.1) is 0 Å². The third kappa shape index (κ3) is 3.15. The van der Waals surface area contributed by atoms with Crippen LogP contribution >= 0.6 is 11.6 Å². The summed E-state index contributed by atoms with van der Waals surface area (Å²) < 4.78 is 41.7. The van der Waals surface area contributed by atoms with E-state index < -0.39 is 15.8 Å². The molecule has 1 aromatic rings. The highest BCUT2D eigenvalue weighted by molar-refractivity contribution is 7.89. The normalized spacial score (nSPS) is 32.0. The molecule has 2 atom stereocenters. The predicted octanol–water partition coefficient (Wildman–Crippen LogP) is 2.66. The first-order valence-corrected chi connectivity index (χ1v) is 9.46. The van der Waals surface area contributed by atoms with E-state index in [1.807, 2.05) is 0 Å². The third-order valence-electron chi connectivity index (χ3n) is 4.85. The summed E-state index contributed by atoms with van der Waals surface area (Å²) in [6, 6.07) is 3.55. The Hall–Kier alpha value is -0.690. The monoisotopic (exact) mass is 346 g/mol. The Labute approximate surface area is 135 Å². The molecule has 122 valence electrons. The molecule has 7 heteroatoms. The van der Waals surface area contributed by atoms with Gasteiger partial charge in [0, 0.05) is 17.1 Å². The van der Waals surface area contributed by atoms with Crippen molar-refractivity contribution in [3.63, 3.8) is 0 Å². The van der Waals surface area contributed by atoms with Crippen molar-refractivity contribution in [2.45, 2.75) is 49.1 Å². The Morgan fingerprint density at radius 1 is 1.23 bits per heavy atom. The van der Waals surface area contributed by atoms with Crippen molar-refractivity contribution in [2.75, 3.05) is 0 Å². The summed E-state index contributed by atoms with van der Waals surface area (Å²) in [6.45, 7) is 0. The molecule has 3 N–H and O–H groups in total. The van der Waals surface area contributed by atoms with Gasteiger partial charge in [0.2, 0.25) is 10.0 Å². The van der Waals surface area contributed by atoms with E-state index in [-0.39, 0.29) is 33.8 Å². The van der Waals surface area contributed by atoms with E-state index in [2.05, 4.69) is 4.72 Å². The number of halogens is 2. The molecule has 0 radical (unpaired) electrons. The van der Waals surface area contributed by atoms with Crippen LogP contribution < -0.4 is 10.5 Å². The largest absolute Gasteiger partial charge is 0.328 e. The van der Waals surface area contributed by atoms with Gasteiger partial charge < -0.3 is 5.73 Å². The second kappa shape index (κ2) is 6.07. The van der Waals surface area contributed by atoms with E-state index in [1.165, 1.54) is 6.07 Å². The molecule has 2 fully saturated rings. The third-order valence-corrected chi connectivity index (χ3v) is 6.56. The Balaban J connectivity index is 1.86. The van der Waals surface area contributed by atoms with Crippen LogP contribution in [-0.4, -0.2) is 20.5 Å². The van der Waals surface area contributed by atoms with Gasteiger partial charge in [0.15, 0.2) is 0 Å². The van der Waals surface area contributed by atoms with Crippen LogP contribution in [0, 0.1) is 17.7 Å². The minimum absolute atomic E-state index is 0.138. The summed E-state index contributed by atoms with van der Waals surface area (Å²) in [5, 5.41) is 0.202. The van der Waals surface area contributed by atoms with Gasteiger partial charge in [0.1, 0.15) is 10.7 Å². The van der Waals surface area contributed by atoms with E-state index in [0.29, 0.717) is 0 Å². The van der Waals surface area contributed by atoms with Gasteiger partial charge in [0.25, 0.3) is 0 Å². The van der Waals surface area contributed by atoms with Crippen molar-refractivity contribution in [1.82, 2.24) is 4.72 Å². The average molecular weight is 347 g/mol. The molecule has 1 aromatic carbocycles.